The summed E-state index contributed by atoms with van der Waals surface area (Å²) in [6.07, 6.45) is 8.42. The van der Waals surface area contributed by atoms with Crippen molar-refractivity contribution in [3.05, 3.63) is 0 Å². The summed E-state index contributed by atoms with van der Waals surface area (Å²) in [5.41, 5.74) is 0.439. The van der Waals surface area contributed by atoms with Crippen LogP contribution in [0.2, 0.25) is 0 Å². The molecule has 1 N–H and O–H groups in total. The number of ether oxygens (including phenoxy) is 1. The molecule has 4 atom stereocenters. The number of nitrogens with one attached hydrogen (secondary N) is 1. The van der Waals surface area contributed by atoms with Gasteiger partial charge in [0.25, 0.3) is 0 Å². The van der Waals surface area contributed by atoms with Crippen molar-refractivity contribution in [1.82, 2.24) is 5.32 Å². The van der Waals surface area contributed by atoms with Gasteiger partial charge in [-0.1, -0.05) is 33.6 Å². The molecule has 18 heavy (non-hydrogen) atoms. The van der Waals surface area contributed by atoms with E-state index in [2.05, 4.69) is 33.0 Å². The first-order chi connectivity index (χ1) is 8.47. The average molecular weight is 253 g/mol. The summed E-state index contributed by atoms with van der Waals surface area (Å²) in [7, 11) is 0. The predicted molar refractivity (Wildman–Crippen MR) is 76.8 cm³/mol. The van der Waals surface area contributed by atoms with Crippen molar-refractivity contribution in [2.75, 3.05) is 6.61 Å². The smallest absolute Gasteiger partial charge is 0.0561 e. The SMILES string of the molecule is CC1CC(NC2CCCCC2C(C)(C)C)CCO1. The maximum absolute atomic E-state index is 5.65. The lowest BCUT2D eigenvalue weighted by Crippen LogP contribution is -2.50. The Hall–Kier alpha value is -0.0800. The van der Waals surface area contributed by atoms with E-state index < -0.39 is 0 Å². The van der Waals surface area contributed by atoms with E-state index in [1.165, 1.54) is 38.5 Å². The largest absolute Gasteiger partial charge is 0.378 e. The minimum Gasteiger partial charge on any atom is -0.378 e. The molecular formula is C16H31NO. The van der Waals surface area contributed by atoms with Gasteiger partial charge in [-0.3, -0.25) is 0 Å². The van der Waals surface area contributed by atoms with Gasteiger partial charge in [0.2, 0.25) is 0 Å². The summed E-state index contributed by atoms with van der Waals surface area (Å²) < 4.78 is 5.65. The summed E-state index contributed by atoms with van der Waals surface area (Å²) in [4.78, 5) is 0. The van der Waals surface area contributed by atoms with Crippen LogP contribution in [0.1, 0.15) is 66.2 Å². The van der Waals surface area contributed by atoms with Crippen molar-refractivity contribution in [3.8, 4) is 0 Å². The molecule has 0 amide bonds. The van der Waals surface area contributed by atoms with E-state index in [1.807, 2.05) is 0 Å². The van der Waals surface area contributed by atoms with Crippen molar-refractivity contribution in [2.24, 2.45) is 11.3 Å². The molecule has 0 aromatic rings. The van der Waals surface area contributed by atoms with Crippen molar-refractivity contribution >= 4 is 0 Å². The van der Waals surface area contributed by atoms with Gasteiger partial charge in [-0.2, -0.15) is 0 Å². The van der Waals surface area contributed by atoms with Gasteiger partial charge in [0.1, 0.15) is 0 Å². The molecule has 2 nitrogen and oxygen atoms in total. The molecular weight excluding hydrogens is 222 g/mol. The van der Waals surface area contributed by atoms with E-state index >= 15 is 0 Å². The molecule has 1 saturated carbocycles. The van der Waals surface area contributed by atoms with Crippen LogP contribution in [0.15, 0.2) is 0 Å². The predicted octanol–water partition coefficient (Wildman–Crippen LogP) is 3.75. The highest BCUT2D eigenvalue weighted by molar-refractivity contribution is 4.90. The lowest BCUT2D eigenvalue weighted by Gasteiger charge is -2.43. The second kappa shape index (κ2) is 5.92. The first-order valence-electron chi connectivity index (χ1n) is 7.84. The highest BCUT2D eigenvalue weighted by Gasteiger charge is 2.35. The highest BCUT2D eigenvalue weighted by Crippen LogP contribution is 2.38. The number of hydrogen-bond donors (Lipinski definition) is 1. The van der Waals surface area contributed by atoms with Gasteiger partial charge in [-0.05, 0) is 43.9 Å². The molecule has 1 aliphatic carbocycles. The first-order valence-corrected chi connectivity index (χ1v) is 7.84. The van der Waals surface area contributed by atoms with Crippen LogP contribution < -0.4 is 5.32 Å². The average Bonchev–Trinajstić information content (AvgIpc) is 2.28. The van der Waals surface area contributed by atoms with Crippen molar-refractivity contribution in [1.29, 1.82) is 0 Å². The fraction of sp³-hybridized carbons (Fsp3) is 1.00. The van der Waals surface area contributed by atoms with E-state index in [4.69, 9.17) is 4.74 Å². The zero-order valence-corrected chi connectivity index (χ0v) is 12.7. The van der Waals surface area contributed by atoms with Crippen molar-refractivity contribution in [3.63, 3.8) is 0 Å². The maximum Gasteiger partial charge on any atom is 0.0561 e. The molecule has 2 aliphatic rings. The van der Waals surface area contributed by atoms with E-state index in [0.717, 1.165) is 18.6 Å². The van der Waals surface area contributed by atoms with E-state index in [9.17, 15) is 0 Å². The van der Waals surface area contributed by atoms with Crippen molar-refractivity contribution < 1.29 is 4.74 Å². The van der Waals surface area contributed by atoms with Crippen LogP contribution in [-0.4, -0.2) is 24.8 Å². The second-order valence-electron chi connectivity index (χ2n) is 7.43. The van der Waals surface area contributed by atoms with Gasteiger partial charge >= 0.3 is 0 Å². The lowest BCUT2D eigenvalue weighted by atomic mass is 9.69. The first kappa shape index (κ1) is 14.3. The van der Waals surface area contributed by atoms with Crippen molar-refractivity contribution in [2.45, 2.75) is 84.4 Å². The lowest BCUT2D eigenvalue weighted by molar-refractivity contribution is 0.00490. The van der Waals surface area contributed by atoms with E-state index in [1.54, 1.807) is 0 Å². The summed E-state index contributed by atoms with van der Waals surface area (Å²) >= 11 is 0. The summed E-state index contributed by atoms with van der Waals surface area (Å²) in [6.45, 7) is 10.4. The summed E-state index contributed by atoms with van der Waals surface area (Å²) in [5.74, 6) is 0.837. The fourth-order valence-electron chi connectivity index (χ4n) is 3.82. The second-order valence-corrected chi connectivity index (χ2v) is 7.43. The molecule has 0 bridgehead atoms. The Morgan fingerprint density at radius 2 is 1.78 bits per heavy atom. The highest BCUT2D eigenvalue weighted by atomic mass is 16.5. The van der Waals surface area contributed by atoms with Crippen LogP contribution >= 0.6 is 0 Å². The van der Waals surface area contributed by atoms with Crippen LogP contribution in [0, 0.1) is 11.3 Å². The van der Waals surface area contributed by atoms with E-state index in [0.29, 0.717) is 17.6 Å². The van der Waals surface area contributed by atoms with Gasteiger partial charge < -0.3 is 10.1 Å². The Labute approximate surface area is 113 Å². The molecule has 0 spiro atoms. The van der Waals surface area contributed by atoms with E-state index in [-0.39, 0.29) is 0 Å². The van der Waals surface area contributed by atoms with Gasteiger partial charge in [-0.25, -0.2) is 0 Å². The van der Waals surface area contributed by atoms with Gasteiger partial charge in [0, 0.05) is 18.7 Å². The Bertz CT molecular complexity index is 258. The topological polar surface area (TPSA) is 21.3 Å². The molecule has 2 fully saturated rings. The van der Waals surface area contributed by atoms with Crippen LogP contribution in [-0.2, 0) is 4.74 Å². The summed E-state index contributed by atoms with van der Waals surface area (Å²) in [5, 5.41) is 3.96. The third kappa shape index (κ3) is 3.71. The molecule has 106 valence electrons. The summed E-state index contributed by atoms with van der Waals surface area (Å²) in [6, 6.07) is 1.41. The Balaban J connectivity index is 1.93. The molecule has 4 unspecified atom stereocenters. The number of rotatable bonds is 2. The van der Waals surface area contributed by atoms with Crippen LogP contribution in [0.5, 0.6) is 0 Å². The molecule has 2 heteroatoms. The number of hydrogen-bond acceptors (Lipinski definition) is 2. The fourth-order valence-corrected chi connectivity index (χ4v) is 3.82. The normalized spacial score (nSPS) is 38.7. The van der Waals surface area contributed by atoms with Crippen LogP contribution in [0.25, 0.3) is 0 Å². The monoisotopic (exact) mass is 253 g/mol. The molecule has 1 heterocycles. The molecule has 2 rings (SSSR count). The Kier molecular flexibility index (Phi) is 4.71. The van der Waals surface area contributed by atoms with Gasteiger partial charge in [0.05, 0.1) is 6.10 Å². The Morgan fingerprint density at radius 1 is 1.06 bits per heavy atom. The van der Waals surface area contributed by atoms with Gasteiger partial charge in [-0.15, -0.1) is 0 Å². The van der Waals surface area contributed by atoms with Gasteiger partial charge in [0.15, 0.2) is 0 Å². The molecule has 0 radical (unpaired) electrons. The minimum absolute atomic E-state index is 0.438. The van der Waals surface area contributed by atoms with Crippen LogP contribution in [0.3, 0.4) is 0 Å². The van der Waals surface area contributed by atoms with Crippen LogP contribution in [0.4, 0.5) is 0 Å². The third-order valence-corrected chi connectivity index (χ3v) is 4.81. The maximum atomic E-state index is 5.65. The molecule has 1 aliphatic heterocycles. The third-order valence-electron chi connectivity index (χ3n) is 4.81. The zero-order valence-electron chi connectivity index (χ0n) is 12.7. The minimum atomic E-state index is 0.438. The quantitative estimate of drug-likeness (QED) is 0.809. The zero-order chi connectivity index (χ0) is 13.2. The molecule has 1 saturated heterocycles. The Morgan fingerprint density at radius 3 is 2.44 bits per heavy atom. The molecule has 0 aromatic heterocycles. The standard InChI is InChI=1S/C16H31NO/c1-12-11-13(9-10-18-12)17-15-8-6-5-7-14(15)16(2,3)4/h12-15,17H,5-11H2,1-4H3. The molecule has 0 aromatic carbocycles.